The number of amidine groups is 1. The van der Waals surface area contributed by atoms with Gasteiger partial charge in [0.1, 0.15) is 11.6 Å². The van der Waals surface area contributed by atoms with Gasteiger partial charge in [-0.1, -0.05) is 0 Å². The number of phenols is 1. The van der Waals surface area contributed by atoms with Crippen molar-refractivity contribution in [2.45, 2.75) is 5.25 Å². The van der Waals surface area contributed by atoms with E-state index in [4.69, 9.17) is 4.74 Å². The highest BCUT2D eigenvalue weighted by Crippen LogP contribution is 2.22. The summed E-state index contributed by atoms with van der Waals surface area (Å²) in [6.07, 6.45) is 3.59. The first-order valence-corrected chi connectivity index (χ1v) is 8.08. The van der Waals surface area contributed by atoms with Crippen LogP contribution in [0.5, 0.6) is 5.75 Å². The summed E-state index contributed by atoms with van der Waals surface area (Å²) >= 11 is 1.82. The van der Waals surface area contributed by atoms with E-state index in [9.17, 15) is 5.11 Å². The molecule has 2 N–H and O–H groups in total. The van der Waals surface area contributed by atoms with E-state index in [1.165, 1.54) is 0 Å². The molecule has 0 radical (unpaired) electrons. The first-order valence-electron chi connectivity index (χ1n) is 7.03. The highest BCUT2D eigenvalue weighted by molar-refractivity contribution is 14.0. The van der Waals surface area contributed by atoms with Crippen LogP contribution in [0.25, 0.3) is 0 Å². The number of benzene rings is 1. The number of anilines is 1. The number of aliphatic imine (C=N–C) groups is 1. The second-order valence-electron chi connectivity index (χ2n) is 4.94. The molecule has 1 aliphatic rings. The Labute approximate surface area is 156 Å². The maximum atomic E-state index is 9.39. The van der Waals surface area contributed by atoms with Crippen molar-refractivity contribution in [3.05, 3.63) is 36.7 Å². The highest BCUT2D eigenvalue weighted by atomic mass is 127. The number of imidazole rings is 1. The van der Waals surface area contributed by atoms with Gasteiger partial charge in [-0.3, -0.25) is 0 Å². The second-order valence-corrected chi connectivity index (χ2v) is 6.25. The monoisotopic (exact) mass is 446 g/mol. The third-order valence-electron chi connectivity index (χ3n) is 3.28. The summed E-state index contributed by atoms with van der Waals surface area (Å²) in [6.45, 7) is 1.40. The van der Waals surface area contributed by atoms with Crippen LogP contribution in [0.2, 0.25) is 0 Å². The molecule has 0 saturated carbocycles. The molecule has 2 aromatic rings. The summed E-state index contributed by atoms with van der Waals surface area (Å²) < 4.78 is 7.43. The first-order chi connectivity index (χ1) is 10.7. The van der Waals surface area contributed by atoms with Crippen molar-refractivity contribution in [1.29, 1.82) is 0 Å². The second kappa shape index (κ2) is 8.55. The molecule has 0 aliphatic carbocycles. The number of halogens is 1. The molecular weight excluding hydrogens is 427 g/mol. The minimum atomic E-state index is 0. The van der Waals surface area contributed by atoms with Crippen LogP contribution in [0.1, 0.15) is 0 Å². The Morgan fingerprint density at radius 3 is 2.83 bits per heavy atom. The van der Waals surface area contributed by atoms with E-state index in [1.54, 1.807) is 18.3 Å². The zero-order chi connectivity index (χ0) is 15.4. The molecular formula is C15H19IN4O2S. The van der Waals surface area contributed by atoms with Gasteiger partial charge in [-0.2, -0.15) is 4.99 Å². The third kappa shape index (κ3) is 4.85. The molecule has 1 saturated heterocycles. The molecule has 2 heterocycles. The van der Waals surface area contributed by atoms with Crippen LogP contribution in [-0.4, -0.2) is 44.7 Å². The van der Waals surface area contributed by atoms with E-state index < -0.39 is 0 Å². The van der Waals surface area contributed by atoms with Crippen molar-refractivity contribution >= 4 is 53.2 Å². The summed E-state index contributed by atoms with van der Waals surface area (Å²) in [5.41, 5.74) is 0.872. The Kier molecular flexibility index (Phi) is 6.72. The molecule has 1 fully saturated rings. The van der Waals surface area contributed by atoms with Gasteiger partial charge in [0.15, 0.2) is 0 Å². The largest absolute Gasteiger partial charge is 0.508 e. The van der Waals surface area contributed by atoms with Gasteiger partial charge in [0, 0.05) is 30.9 Å². The molecule has 1 aliphatic heterocycles. The fourth-order valence-corrected chi connectivity index (χ4v) is 3.05. The van der Waals surface area contributed by atoms with E-state index >= 15 is 0 Å². The van der Waals surface area contributed by atoms with Crippen molar-refractivity contribution in [2.24, 2.45) is 12.0 Å². The number of hydrogen-bond donors (Lipinski definition) is 2. The summed E-state index contributed by atoms with van der Waals surface area (Å²) in [4.78, 5) is 8.91. The topological polar surface area (TPSA) is 71.7 Å². The molecule has 1 aromatic heterocycles. The van der Waals surface area contributed by atoms with E-state index in [0.717, 1.165) is 23.9 Å². The minimum Gasteiger partial charge on any atom is -0.508 e. The highest BCUT2D eigenvalue weighted by Gasteiger charge is 2.21. The van der Waals surface area contributed by atoms with Gasteiger partial charge in [-0.25, -0.2) is 4.98 Å². The Balaban J connectivity index is 0.00000192. The molecule has 0 bridgehead atoms. The van der Waals surface area contributed by atoms with E-state index in [-0.39, 0.29) is 35.0 Å². The van der Waals surface area contributed by atoms with Crippen LogP contribution < -0.4 is 5.32 Å². The Hall–Kier alpha value is -1.26. The molecule has 6 nitrogen and oxygen atoms in total. The minimum absolute atomic E-state index is 0. The van der Waals surface area contributed by atoms with Gasteiger partial charge >= 0.3 is 0 Å². The van der Waals surface area contributed by atoms with Crippen LogP contribution in [0, 0.1) is 0 Å². The van der Waals surface area contributed by atoms with Crippen molar-refractivity contribution in [2.75, 3.05) is 24.3 Å². The molecule has 1 aromatic carbocycles. The fourth-order valence-electron chi connectivity index (χ4n) is 2.09. The number of aromatic hydroxyl groups is 1. The number of aryl methyl sites for hydroxylation is 1. The molecule has 1 atom stereocenters. The number of nitrogens with one attached hydrogen (secondary N) is 1. The number of thioether (sulfide) groups is 1. The summed E-state index contributed by atoms with van der Waals surface area (Å²) in [5, 5.41) is 12.9. The number of rotatable bonds is 3. The van der Waals surface area contributed by atoms with Crippen LogP contribution in [0.15, 0.2) is 41.7 Å². The van der Waals surface area contributed by atoms with Crippen molar-refractivity contribution in [1.82, 2.24) is 9.55 Å². The lowest BCUT2D eigenvalue weighted by Gasteiger charge is -2.24. The zero-order valence-corrected chi connectivity index (χ0v) is 15.8. The summed E-state index contributed by atoms with van der Waals surface area (Å²) in [6, 6.07) is 6.92. The number of phenolic OH excluding ortho intramolecular Hbond substituents is 1. The normalized spacial score (nSPS) is 18.3. The molecule has 1 unspecified atom stereocenters. The summed E-state index contributed by atoms with van der Waals surface area (Å²) in [7, 11) is 1.91. The van der Waals surface area contributed by atoms with Gasteiger partial charge in [-0.15, -0.1) is 35.7 Å². The third-order valence-corrected chi connectivity index (χ3v) is 4.44. The van der Waals surface area contributed by atoms with Crippen molar-refractivity contribution in [3.8, 4) is 5.75 Å². The SMILES string of the molecule is Cn1ccnc1N=C(Nc1ccc(O)cc1)C1COCCS1.I. The van der Waals surface area contributed by atoms with Crippen molar-refractivity contribution in [3.63, 3.8) is 0 Å². The summed E-state index contributed by atoms with van der Waals surface area (Å²) in [5.74, 6) is 2.64. The number of hydrogen-bond acceptors (Lipinski definition) is 5. The first kappa shape index (κ1) is 18.1. The van der Waals surface area contributed by atoms with Crippen LogP contribution in [-0.2, 0) is 11.8 Å². The lowest BCUT2D eigenvalue weighted by atomic mass is 10.3. The van der Waals surface area contributed by atoms with E-state index in [0.29, 0.717) is 12.6 Å². The Morgan fingerprint density at radius 1 is 1.43 bits per heavy atom. The number of nitrogens with zero attached hydrogens (tertiary/aromatic N) is 3. The van der Waals surface area contributed by atoms with Crippen LogP contribution in [0.4, 0.5) is 11.6 Å². The molecule has 3 rings (SSSR count). The van der Waals surface area contributed by atoms with Crippen molar-refractivity contribution < 1.29 is 9.84 Å². The standard InChI is InChI=1S/C15H18N4O2S.HI/c1-19-7-6-16-15(19)18-14(13-10-21-8-9-22-13)17-11-2-4-12(20)5-3-11;/h2-7,13,20H,8-10H2,1H3,(H,16,17,18);1H. The van der Waals surface area contributed by atoms with Crippen LogP contribution in [0.3, 0.4) is 0 Å². The van der Waals surface area contributed by atoms with E-state index in [1.807, 2.05) is 41.7 Å². The molecule has 8 heteroatoms. The zero-order valence-electron chi connectivity index (χ0n) is 12.7. The number of ether oxygens (including phenoxy) is 1. The van der Waals surface area contributed by atoms with Gasteiger partial charge in [-0.05, 0) is 24.3 Å². The lowest BCUT2D eigenvalue weighted by Crippen LogP contribution is -2.33. The molecule has 124 valence electrons. The molecule has 0 spiro atoms. The average Bonchev–Trinajstić information content (AvgIpc) is 2.95. The molecule has 0 amide bonds. The Bertz CT molecular complexity index is 654. The number of aromatic nitrogens is 2. The van der Waals surface area contributed by atoms with E-state index in [2.05, 4.69) is 15.3 Å². The predicted molar refractivity (Wildman–Crippen MR) is 105 cm³/mol. The molecule has 23 heavy (non-hydrogen) atoms. The maximum absolute atomic E-state index is 9.39. The smallest absolute Gasteiger partial charge is 0.230 e. The van der Waals surface area contributed by atoms with Crippen LogP contribution >= 0.6 is 35.7 Å². The lowest BCUT2D eigenvalue weighted by molar-refractivity contribution is 0.153. The van der Waals surface area contributed by atoms with Gasteiger partial charge in [0.05, 0.1) is 18.5 Å². The quantitative estimate of drug-likeness (QED) is 0.328. The fraction of sp³-hybridized carbons (Fsp3) is 0.333. The van der Waals surface area contributed by atoms with Gasteiger partial charge < -0.3 is 19.7 Å². The van der Waals surface area contributed by atoms with Gasteiger partial charge in [0.25, 0.3) is 0 Å². The van der Waals surface area contributed by atoms with Gasteiger partial charge in [0.2, 0.25) is 5.95 Å². The predicted octanol–water partition coefficient (Wildman–Crippen LogP) is 3.02. The Morgan fingerprint density at radius 2 is 2.22 bits per heavy atom. The maximum Gasteiger partial charge on any atom is 0.230 e. The average molecular weight is 446 g/mol.